The van der Waals surface area contributed by atoms with E-state index >= 15 is 0 Å². The number of benzene rings is 1. The molecule has 0 spiro atoms. The van der Waals surface area contributed by atoms with E-state index in [2.05, 4.69) is 16.0 Å². The van der Waals surface area contributed by atoms with Crippen molar-refractivity contribution in [1.82, 2.24) is 14.9 Å². The number of hydrogen-bond donors (Lipinski definition) is 3. The summed E-state index contributed by atoms with van der Waals surface area (Å²) in [6, 6.07) is 5.99. The van der Waals surface area contributed by atoms with E-state index in [1.807, 2.05) is 0 Å². The summed E-state index contributed by atoms with van der Waals surface area (Å²) >= 11 is 0. The standard InChI is InChI=1S/C20H28N4O5S/c1-14(25)22-16-4-6-18(7-5-16)30(28,29)24-12-9-17(10-13-24)23-19(26)8-11-21-20(27)15-2-3-15/h4-7,15,17H,2-3,8-13H2,1H3,(H,21,27)(H,22,25)(H,23,26). The van der Waals surface area contributed by atoms with Gasteiger partial charge < -0.3 is 16.0 Å². The lowest BCUT2D eigenvalue weighted by molar-refractivity contribution is -0.123. The predicted octanol–water partition coefficient (Wildman–Crippen LogP) is 0.831. The van der Waals surface area contributed by atoms with Gasteiger partial charge in [-0.2, -0.15) is 4.31 Å². The Morgan fingerprint density at radius 3 is 2.23 bits per heavy atom. The second-order valence-electron chi connectivity index (χ2n) is 7.77. The molecule has 2 aliphatic rings. The van der Waals surface area contributed by atoms with Crippen LogP contribution in [0.25, 0.3) is 0 Å². The van der Waals surface area contributed by atoms with Crippen molar-refractivity contribution in [3.05, 3.63) is 24.3 Å². The second-order valence-corrected chi connectivity index (χ2v) is 9.70. The lowest BCUT2D eigenvalue weighted by Crippen LogP contribution is -2.46. The molecule has 0 aromatic heterocycles. The van der Waals surface area contributed by atoms with E-state index in [-0.39, 0.29) is 41.0 Å². The first-order valence-electron chi connectivity index (χ1n) is 10.2. The van der Waals surface area contributed by atoms with Crippen molar-refractivity contribution in [3.8, 4) is 0 Å². The summed E-state index contributed by atoms with van der Waals surface area (Å²) in [5.41, 5.74) is 0.538. The monoisotopic (exact) mass is 436 g/mol. The molecule has 0 unspecified atom stereocenters. The molecule has 0 radical (unpaired) electrons. The summed E-state index contributed by atoms with van der Waals surface area (Å²) in [7, 11) is -3.62. The predicted molar refractivity (Wildman–Crippen MR) is 111 cm³/mol. The third-order valence-electron chi connectivity index (χ3n) is 5.23. The quantitative estimate of drug-likeness (QED) is 0.557. The molecule has 3 N–H and O–H groups in total. The molecule has 10 heteroatoms. The fraction of sp³-hybridized carbons (Fsp3) is 0.550. The van der Waals surface area contributed by atoms with Gasteiger partial charge in [0.05, 0.1) is 4.90 Å². The lowest BCUT2D eigenvalue weighted by Gasteiger charge is -2.31. The van der Waals surface area contributed by atoms with Gasteiger partial charge in [-0.25, -0.2) is 8.42 Å². The van der Waals surface area contributed by atoms with Crippen LogP contribution in [0.15, 0.2) is 29.2 Å². The Hall–Kier alpha value is -2.46. The average Bonchev–Trinajstić information content (AvgIpc) is 3.54. The minimum absolute atomic E-state index is 0.0198. The van der Waals surface area contributed by atoms with Crippen LogP contribution in [-0.2, 0) is 24.4 Å². The number of hydrogen-bond acceptors (Lipinski definition) is 5. The van der Waals surface area contributed by atoms with Crippen molar-refractivity contribution in [3.63, 3.8) is 0 Å². The highest BCUT2D eigenvalue weighted by Crippen LogP contribution is 2.28. The van der Waals surface area contributed by atoms with Gasteiger partial charge in [0.25, 0.3) is 0 Å². The number of amides is 3. The van der Waals surface area contributed by atoms with E-state index in [0.29, 0.717) is 38.2 Å². The van der Waals surface area contributed by atoms with E-state index in [0.717, 1.165) is 12.8 Å². The van der Waals surface area contributed by atoms with Gasteiger partial charge >= 0.3 is 0 Å². The molecule has 1 saturated carbocycles. The van der Waals surface area contributed by atoms with Crippen LogP contribution in [0.4, 0.5) is 5.69 Å². The molecule has 9 nitrogen and oxygen atoms in total. The Bertz CT molecular complexity index is 888. The first-order valence-corrected chi connectivity index (χ1v) is 11.6. The van der Waals surface area contributed by atoms with E-state index in [1.165, 1.54) is 23.4 Å². The van der Waals surface area contributed by atoms with Gasteiger partial charge in [-0.05, 0) is 49.9 Å². The number of rotatable bonds is 8. The Morgan fingerprint density at radius 2 is 1.67 bits per heavy atom. The number of anilines is 1. The van der Waals surface area contributed by atoms with Gasteiger partial charge in [-0.3, -0.25) is 14.4 Å². The highest BCUT2D eigenvalue weighted by molar-refractivity contribution is 7.89. The van der Waals surface area contributed by atoms with E-state index in [9.17, 15) is 22.8 Å². The Kier molecular flexibility index (Phi) is 7.09. The SMILES string of the molecule is CC(=O)Nc1ccc(S(=O)(=O)N2CCC(NC(=O)CCNC(=O)C3CC3)CC2)cc1. The van der Waals surface area contributed by atoms with Gasteiger partial charge in [0.15, 0.2) is 0 Å². The van der Waals surface area contributed by atoms with Crippen molar-refractivity contribution in [2.45, 2.75) is 50.0 Å². The van der Waals surface area contributed by atoms with E-state index < -0.39 is 10.0 Å². The molecule has 1 aliphatic carbocycles. The third kappa shape index (κ3) is 6.02. The first-order chi connectivity index (χ1) is 14.3. The molecular formula is C20H28N4O5S. The summed E-state index contributed by atoms with van der Waals surface area (Å²) < 4.78 is 27.1. The van der Waals surface area contributed by atoms with Crippen molar-refractivity contribution in [2.75, 3.05) is 25.0 Å². The Labute approximate surface area is 176 Å². The van der Waals surface area contributed by atoms with Crippen molar-refractivity contribution in [1.29, 1.82) is 0 Å². The van der Waals surface area contributed by atoms with Crippen molar-refractivity contribution >= 4 is 33.4 Å². The maximum atomic E-state index is 12.8. The normalized spacial score (nSPS) is 17.9. The molecule has 0 bridgehead atoms. The molecule has 3 amide bonds. The Balaban J connectivity index is 1.44. The van der Waals surface area contributed by atoms with Gasteiger partial charge in [0, 0.05) is 50.6 Å². The maximum absolute atomic E-state index is 12.8. The smallest absolute Gasteiger partial charge is 0.243 e. The van der Waals surface area contributed by atoms with Crippen LogP contribution in [0.2, 0.25) is 0 Å². The molecule has 3 rings (SSSR count). The fourth-order valence-corrected chi connectivity index (χ4v) is 4.86. The van der Waals surface area contributed by atoms with Gasteiger partial charge in [0.1, 0.15) is 0 Å². The number of nitrogens with zero attached hydrogens (tertiary/aromatic N) is 1. The first kappa shape index (κ1) is 22.2. The van der Waals surface area contributed by atoms with Crippen molar-refractivity contribution in [2.24, 2.45) is 5.92 Å². The topological polar surface area (TPSA) is 125 Å². The van der Waals surface area contributed by atoms with Crippen LogP contribution < -0.4 is 16.0 Å². The third-order valence-corrected chi connectivity index (χ3v) is 7.14. The number of carbonyl (C=O) groups excluding carboxylic acids is 3. The molecule has 1 aromatic carbocycles. The molecule has 2 fully saturated rings. The summed E-state index contributed by atoms with van der Waals surface area (Å²) in [5, 5.41) is 8.29. The number of piperidine rings is 1. The maximum Gasteiger partial charge on any atom is 0.243 e. The van der Waals surface area contributed by atoms with Crippen LogP contribution >= 0.6 is 0 Å². The molecule has 1 aromatic rings. The fourth-order valence-electron chi connectivity index (χ4n) is 3.39. The van der Waals surface area contributed by atoms with Crippen LogP contribution in [-0.4, -0.2) is 56.1 Å². The highest BCUT2D eigenvalue weighted by Gasteiger charge is 2.31. The number of nitrogens with one attached hydrogen (secondary N) is 3. The minimum Gasteiger partial charge on any atom is -0.355 e. The van der Waals surface area contributed by atoms with Gasteiger partial charge in [-0.15, -0.1) is 0 Å². The number of carbonyl (C=O) groups is 3. The molecular weight excluding hydrogens is 408 g/mol. The van der Waals surface area contributed by atoms with Gasteiger partial charge in [-0.1, -0.05) is 0 Å². The molecule has 1 saturated heterocycles. The average molecular weight is 437 g/mol. The van der Waals surface area contributed by atoms with E-state index in [1.54, 1.807) is 12.1 Å². The van der Waals surface area contributed by atoms with Crippen LogP contribution in [0.1, 0.15) is 39.0 Å². The molecule has 30 heavy (non-hydrogen) atoms. The van der Waals surface area contributed by atoms with Gasteiger partial charge in [0.2, 0.25) is 27.7 Å². The van der Waals surface area contributed by atoms with Crippen LogP contribution in [0, 0.1) is 5.92 Å². The second kappa shape index (κ2) is 9.57. The molecule has 164 valence electrons. The van der Waals surface area contributed by atoms with Crippen LogP contribution in [0.5, 0.6) is 0 Å². The van der Waals surface area contributed by atoms with Crippen LogP contribution in [0.3, 0.4) is 0 Å². The summed E-state index contributed by atoms with van der Waals surface area (Å²) in [6.07, 6.45) is 3.14. The Morgan fingerprint density at radius 1 is 1.03 bits per heavy atom. The summed E-state index contributed by atoms with van der Waals surface area (Å²) in [4.78, 5) is 34.9. The lowest BCUT2D eigenvalue weighted by atomic mass is 10.1. The number of sulfonamides is 1. The zero-order valence-corrected chi connectivity index (χ0v) is 17.8. The summed E-state index contributed by atoms with van der Waals surface area (Å²) in [5.74, 6) is -0.214. The largest absolute Gasteiger partial charge is 0.355 e. The summed E-state index contributed by atoms with van der Waals surface area (Å²) in [6.45, 7) is 2.35. The molecule has 1 heterocycles. The zero-order valence-electron chi connectivity index (χ0n) is 17.0. The highest BCUT2D eigenvalue weighted by atomic mass is 32.2. The zero-order chi connectivity index (χ0) is 21.7. The van der Waals surface area contributed by atoms with E-state index in [4.69, 9.17) is 0 Å². The van der Waals surface area contributed by atoms with Crippen molar-refractivity contribution < 1.29 is 22.8 Å². The molecule has 1 aliphatic heterocycles. The minimum atomic E-state index is -3.62. The molecule has 0 atom stereocenters.